The zero-order chi connectivity index (χ0) is 12.1. The van der Waals surface area contributed by atoms with Crippen LogP contribution in [0.3, 0.4) is 0 Å². The number of esters is 1. The summed E-state index contributed by atoms with van der Waals surface area (Å²) in [5, 5.41) is 0.620. The molecule has 0 saturated carbocycles. The van der Waals surface area contributed by atoms with Crippen molar-refractivity contribution in [3.63, 3.8) is 0 Å². The monoisotopic (exact) mass is 302 g/mol. The normalized spacial score (nSPS) is 11.4. The van der Waals surface area contributed by atoms with Crippen LogP contribution in [0.5, 0.6) is 0 Å². The first kappa shape index (κ1) is 13.3. The van der Waals surface area contributed by atoms with Crippen LogP contribution in [0.4, 0.5) is 0 Å². The third kappa shape index (κ3) is 3.65. The highest BCUT2D eigenvalue weighted by molar-refractivity contribution is 9.10. The summed E-state index contributed by atoms with van der Waals surface area (Å²) in [6, 6.07) is 5.54. The lowest BCUT2D eigenvalue weighted by Gasteiger charge is -2.04. The van der Waals surface area contributed by atoms with Gasteiger partial charge in [-0.2, -0.15) is 0 Å². The van der Waals surface area contributed by atoms with Crippen LogP contribution >= 0.6 is 27.5 Å². The minimum atomic E-state index is -0.334. The van der Waals surface area contributed by atoms with Crippen LogP contribution in [0.15, 0.2) is 28.7 Å². The van der Waals surface area contributed by atoms with E-state index in [0.717, 1.165) is 15.6 Å². The molecular weight excluding hydrogens is 291 g/mol. The molecule has 0 heterocycles. The van der Waals surface area contributed by atoms with E-state index < -0.39 is 0 Å². The quantitative estimate of drug-likeness (QED) is 0.621. The Labute approximate surface area is 108 Å². The number of carbonyl (C=O) groups is 1. The van der Waals surface area contributed by atoms with Crippen LogP contribution in [-0.2, 0) is 9.53 Å². The summed E-state index contributed by atoms with van der Waals surface area (Å²) in [7, 11) is 0. The molecule has 1 aromatic rings. The molecule has 0 saturated heterocycles. The fraction of sp³-hybridized carbons (Fsp3) is 0.250. The number of benzene rings is 1. The highest BCUT2D eigenvalue weighted by Gasteiger charge is 2.03. The molecule has 0 aliphatic rings. The fourth-order valence-electron chi connectivity index (χ4n) is 1.19. The van der Waals surface area contributed by atoms with Gasteiger partial charge in [-0.25, -0.2) is 4.79 Å². The predicted octanol–water partition coefficient (Wildman–Crippen LogP) is 4.07. The predicted molar refractivity (Wildman–Crippen MR) is 69.4 cm³/mol. The molecule has 0 spiro atoms. The number of rotatable bonds is 3. The molecule has 0 fully saturated rings. The smallest absolute Gasteiger partial charge is 0.331 e. The summed E-state index contributed by atoms with van der Waals surface area (Å²) in [6.45, 7) is 4.00. The van der Waals surface area contributed by atoms with Gasteiger partial charge in [-0.3, -0.25) is 0 Å². The lowest BCUT2D eigenvalue weighted by Crippen LogP contribution is -2.00. The Morgan fingerprint density at radius 3 is 2.81 bits per heavy atom. The molecule has 4 heteroatoms. The topological polar surface area (TPSA) is 26.3 Å². The van der Waals surface area contributed by atoms with Gasteiger partial charge >= 0.3 is 5.97 Å². The van der Waals surface area contributed by atoms with Crippen molar-refractivity contribution in [2.45, 2.75) is 13.8 Å². The molecule has 1 aromatic carbocycles. The third-order valence-electron chi connectivity index (χ3n) is 2.00. The van der Waals surface area contributed by atoms with Crippen molar-refractivity contribution < 1.29 is 9.53 Å². The van der Waals surface area contributed by atoms with Gasteiger partial charge in [0.2, 0.25) is 0 Å². The van der Waals surface area contributed by atoms with Gasteiger partial charge in [0.05, 0.1) is 11.6 Å². The van der Waals surface area contributed by atoms with Gasteiger partial charge in [-0.1, -0.05) is 17.7 Å². The SMILES string of the molecule is CCOC(=O)/C=C(/C)c1ccc(Br)c(Cl)c1. The molecule has 0 amide bonds. The number of allylic oxidation sites excluding steroid dienone is 1. The zero-order valence-corrected chi connectivity index (χ0v) is 11.4. The first-order chi connectivity index (χ1) is 7.54. The second kappa shape index (κ2) is 6.06. The molecule has 0 atom stereocenters. The summed E-state index contributed by atoms with van der Waals surface area (Å²) in [6.07, 6.45) is 1.46. The Morgan fingerprint density at radius 1 is 1.56 bits per heavy atom. The summed E-state index contributed by atoms with van der Waals surface area (Å²) in [5.74, 6) is -0.334. The molecule has 2 nitrogen and oxygen atoms in total. The van der Waals surface area contributed by atoms with Crippen LogP contribution < -0.4 is 0 Å². The third-order valence-corrected chi connectivity index (χ3v) is 3.23. The van der Waals surface area contributed by atoms with E-state index in [1.54, 1.807) is 13.0 Å². The van der Waals surface area contributed by atoms with Gasteiger partial charge < -0.3 is 4.74 Å². The van der Waals surface area contributed by atoms with Crippen LogP contribution in [0, 0.1) is 0 Å². The first-order valence-corrected chi connectivity index (χ1v) is 6.02. The minimum absolute atomic E-state index is 0.334. The Morgan fingerprint density at radius 2 is 2.25 bits per heavy atom. The number of halogens is 2. The molecule has 0 radical (unpaired) electrons. The lowest BCUT2D eigenvalue weighted by atomic mass is 10.1. The molecule has 1 rings (SSSR count). The van der Waals surface area contributed by atoms with Crippen molar-refractivity contribution in [2.75, 3.05) is 6.61 Å². The summed E-state index contributed by atoms with van der Waals surface area (Å²) < 4.78 is 5.67. The summed E-state index contributed by atoms with van der Waals surface area (Å²) in [4.78, 5) is 11.2. The molecular formula is C12H12BrClO2. The van der Waals surface area contributed by atoms with Crippen molar-refractivity contribution >= 4 is 39.1 Å². The molecule has 16 heavy (non-hydrogen) atoms. The van der Waals surface area contributed by atoms with Gasteiger partial charge in [-0.15, -0.1) is 0 Å². The van der Waals surface area contributed by atoms with E-state index in [0.29, 0.717) is 11.6 Å². The molecule has 0 N–H and O–H groups in total. The maximum absolute atomic E-state index is 11.2. The zero-order valence-electron chi connectivity index (χ0n) is 9.09. The average molecular weight is 304 g/mol. The van der Waals surface area contributed by atoms with Crippen molar-refractivity contribution in [1.82, 2.24) is 0 Å². The Hall–Kier alpha value is -0.800. The number of ether oxygens (including phenoxy) is 1. The van der Waals surface area contributed by atoms with E-state index in [1.807, 2.05) is 19.1 Å². The lowest BCUT2D eigenvalue weighted by molar-refractivity contribution is -0.137. The Kier molecular flexibility index (Phi) is 5.03. The number of hydrogen-bond donors (Lipinski definition) is 0. The highest BCUT2D eigenvalue weighted by Crippen LogP contribution is 2.26. The molecule has 0 aliphatic carbocycles. The summed E-state index contributed by atoms with van der Waals surface area (Å²) in [5.41, 5.74) is 1.73. The Bertz CT molecular complexity index is 427. The molecule has 0 aliphatic heterocycles. The van der Waals surface area contributed by atoms with Crippen molar-refractivity contribution in [3.05, 3.63) is 39.3 Å². The molecule has 0 bridgehead atoms. The van der Waals surface area contributed by atoms with E-state index in [4.69, 9.17) is 16.3 Å². The van der Waals surface area contributed by atoms with Crippen LogP contribution in [0.1, 0.15) is 19.4 Å². The first-order valence-electron chi connectivity index (χ1n) is 4.85. The molecule has 0 aromatic heterocycles. The molecule has 0 unspecified atom stereocenters. The van der Waals surface area contributed by atoms with Crippen LogP contribution in [-0.4, -0.2) is 12.6 Å². The van der Waals surface area contributed by atoms with Crippen molar-refractivity contribution in [2.24, 2.45) is 0 Å². The van der Waals surface area contributed by atoms with E-state index in [1.165, 1.54) is 6.08 Å². The van der Waals surface area contributed by atoms with Crippen LogP contribution in [0.2, 0.25) is 5.02 Å². The maximum atomic E-state index is 11.2. The van der Waals surface area contributed by atoms with Crippen molar-refractivity contribution in [3.8, 4) is 0 Å². The Balaban J connectivity index is 2.91. The van der Waals surface area contributed by atoms with Gasteiger partial charge in [0.25, 0.3) is 0 Å². The van der Waals surface area contributed by atoms with Crippen LogP contribution in [0.25, 0.3) is 5.57 Å². The number of hydrogen-bond acceptors (Lipinski definition) is 2. The van der Waals surface area contributed by atoms with Gasteiger partial charge in [0, 0.05) is 10.5 Å². The van der Waals surface area contributed by atoms with Gasteiger partial charge in [0.1, 0.15) is 0 Å². The molecule has 86 valence electrons. The number of carbonyl (C=O) groups excluding carboxylic acids is 1. The summed E-state index contributed by atoms with van der Waals surface area (Å²) >= 11 is 9.28. The highest BCUT2D eigenvalue weighted by atomic mass is 79.9. The van der Waals surface area contributed by atoms with Gasteiger partial charge in [0.15, 0.2) is 0 Å². The standard InChI is InChI=1S/C12H12BrClO2/c1-3-16-12(15)6-8(2)9-4-5-10(13)11(14)7-9/h4-7H,3H2,1-2H3/b8-6-. The average Bonchev–Trinajstić information content (AvgIpc) is 2.22. The second-order valence-electron chi connectivity index (χ2n) is 3.21. The van der Waals surface area contributed by atoms with Gasteiger partial charge in [-0.05, 0) is 53.0 Å². The minimum Gasteiger partial charge on any atom is -0.463 e. The maximum Gasteiger partial charge on any atom is 0.331 e. The van der Waals surface area contributed by atoms with E-state index >= 15 is 0 Å². The van der Waals surface area contributed by atoms with E-state index in [-0.39, 0.29) is 5.97 Å². The largest absolute Gasteiger partial charge is 0.463 e. The second-order valence-corrected chi connectivity index (χ2v) is 4.47. The fourth-order valence-corrected chi connectivity index (χ4v) is 1.61. The van der Waals surface area contributed by atoms with E-state index in [2.05, 4.69) is 15.9 Å². The van der Waals surface area contributed by atoms with Crippen molar-refractivity contribution in [1.29, 1.82) is 0 Å². The van der Waals surface area contributed by atoms with E-state index in [9.17, 15) is 4.79 Å².